The minimum Gasteiger partial charge on any atom is -0.462 e. The number of carbonyl (C=O) groups excluding carboxylic acids is 3. The van der Waals surface area contributed by atoms with E-state index in [4.69, 9.17) is 14.2 Å². The van der Waals surface area contributed by atoms with E-state index in [0.29, 0.717) is 19.3 Å². The first-order valence-electron chi connectivity index (χ1n) is 29.4. The van der Waals surface area contributed by atoms with Gasteiger partial charge >= 0.3 is 17.9 Å². The van der Waals surface area contributed by atoms with Gasteiger partial charge in [0, 0.05) is 19.3 Å². The Balaban J connectivity index is 4.39. The molecule has 398 valence electrons. The summed E-state index contributed by atoms with van der Waals surface area (Å²) in [5.74, 6) is -0.909. The molecule has 0 rings (SSSR count). The first kappa shape index (κ1) is 65.8. The third-order valence-electron chi connectivity index (χ3n) is 12.7. The molecule has 0 amide bonds. The number of hydrogen-bond acceptors (Lipinski definition) is 6. The molecule has 0 spiro atoms. The molecule has 0 aliphatic carbocycles. The van der Waals surface area contributed by atoms with Crippen molar-refractivity contribution in [2.45, 2.75) is 297 Å². The van der Waals surface area contributed by atoms with E-state index in [1.54, 1.807) is 0 Å². The van der Waals surface area contributed by atoms with E-state index in [9.17, 15) is 14.4 Å². The summed E-state index contributed by atoms with van der Waals surface area (Å²) in [6.07, 6.45) is 73.2. The molecule has 0 radical (unpaired) electrons. The van der Waals surface area contributed by atoms with Gasteiger partial charge in [0.05, 0.1) is 0 Å². The van der Waals surface area contributed by atoms with Crippen LogP contribution in [0.1, 0.15) is 290 Å². The minimum absolute atomic E-state index is 0.0847. The predicted molar refractivity (Wildman–Crippen MR) is 298 cm³/mol. The average molecular weight is 964 g/mol. The topological polar surface area (TPSA) is 78.9 Å². The van der Waals surface area contributed by atoms with Crippen molar-refractivity contribution in [2.24, 2.45) is 0 Å². The van der Waals surface area contributed by atoms with E-state index < -0.39 is 6.10 Å². The second kappa shape index (κ2) is 57.4. The van der Waals surface area contributed by atoms with Gasteiger partial charge in [-0.15, -0.1) is 0 Å². The molecule has 0 aromatic heterocycles. The summed E-state index contributed by atoms with van der Waals surface area (Å²) < 4.78 is 16.9. The van der Waals surface area contributed by atoms with Gasteiger partial charge in [0.1, 0.15) is 13.2 Å². The van der Waals surface area contributed by atoms with Crippen LogP contribution in [0, 0.1) is 0 Å². The Morgan fingerprint density at radius 3 is 0.913 bits per heavy atom. The summed E-state index contributed by atoms with van der Waals surface area (Å²) in [6, 6.07) is 0. The van der Waals surface area contributed by atoms with Gasteiger partial charge in [0.25, 0.3) is 0 Å². The van der Waals surface area contributed by atoms with Gasteiger partial charge < -0.3 is 14.2 Å². The first-order chi connectivity index (χ1) is 34.0. The molecule has 0 N–H and O–H groups in total. The second-order valence-corrected chi connectivity index (χ2v) is 19.5. The Kier molecular flexibility index (Phi) is 54.8. The van der Waals surface area contributed by atoms with Crippen molar-refractivity contribution < 1.29 is 28.6 Å². The van der Waals surface area contributed by atoms with Crippen LogP contribution in [-0.4, -0.2) is 37.2 Å². The van der Waals surface area contributed by atoms with Crippen LogP contribution < -0.4 is 0 Å². The molecule has 6 heteroatoms. The number of unbranched alkanes of at least 4 members (excludes halogenated alkanes) is 30. The highest BCUT2D eigenvalue weighted by Crippen LogP contribution is 2.16. The zero-order valence-corrected chi connectivity index (χ0v) is 45.6. The van der Waals surface area contributed by atoms with Gasteiger partial charge in [-0.2, -0.15) is 0 Å². The molecule has 0 saturated heterocycles. The zero-order valence-electron chi connectivity index (χ0n) is 45.6. The lowest BCUT2D eigenvalue weighted by molar-refractivity contribution is -0.167. The SMILES string of the molecule is CC/C=C\C/C=C\C/C=C\C/C=C\C/C=C\CCCCCC(=O)OC[C@H](COC(=O)CCCCCCCCCCC/C=C\CCCCCCCC)OC(=O)CCCCCCCCCCCCCCC. The molecule has 0 bridgehead atoms. The molecule has 0 aromatic rings. The van der Waals surface area contributed by atoms with Crippen molar-refractivity contribution in [1.82, 2.24) is 0 Å². The fourth-order valence-electron chi connectivity index (χ4n) is 8.29. The van der Waals surface area contributed by atoms with Crippen LogP contribution in [0.3, 0.4) is 0 Å². The maximum Gasteiger partial charge on any atom is 0.306 e. The summed E-state index contributed by atoms with van der Waals surface area (Å²) in [7, 11) is 0. The maximum atomic E-state index is 12.8. The number of esters is 3. The highest BCUT2D eigenvalue weighted by atomic mass is 16.6. The van der Waals surface area contributed by atoms with Gasteiger partial charge in [-0.05, 0) is 89.9 Å². The standard InChI is InChI=1S/C63H110O6/c1-4-7-10-13-16-19-22-25-27-29-31-33-35-38-40-43-46-49-52-55-61(64)67-58-60(69-63(66)57-54-51-48-45-42-37-24-21-18-15-12-9-6-3)59-68-62(65)56-53-50-47-44-41-39-36-34-32-30-28-26-23-20-17-14-11-8-5-2/h7,10,16,19,25-28,31,33,38,40,60H,4-6,8-9,11-15,17-18,20-24,29-30,32,34-37,39,41-59H2,1-3H3/b10-7-,19-16-,27-25-,28-26-,33-31-,40-38-/t60-/m1/s1. The molecule has 0 saturated carbocycles. The van der Waals surface area contributed by atoms with Crippen molar-refractivity contribution in [1.29, 1.82) is 0 Å². The van der Waals surface area contributed by atoms with Gasteiger partial charge in [-0.25, -0.2) is 0 Å². The Morgan fingerprint density at radius 1 is 0.304 bits per heavy atom. The number of allylic oxidation sites excluding steroid dienone is 12. The van der Waals surface area contributed by atoms with Crippen LogP contribution in [0.25, 0.3) is 0 Å². The van der Waals surface area contributed by atoms with E-state index in [0.717, 1.165) is 96.3 Å². The molecular formula is C63H110O6. The smallest absolute Gasteiger partial charge is 0.306 e. The van der Waals surface area contributed by atoms with Crippen molar-refractivity contribution in [2.75, 3.05) is 13.2 Å². The molecular weight excluding hydrogens is 853 g/mol. The molecule has 1 atom stereocenters. The second-order valence-electron chi connectivity index (χ2n) is 19.5. The highest BCUT2D eigenvalue weighted by Gasteiger charge is 2.19. The Morgan fingerprint density at radius 2 is 0.565 bits per heavy atom. The molecule has 0 fully saturated rings. The molecule has 69 heavy (non-hydrogen) atoms. The summed E-state index contributed by atoms with van der Waals surface area (Å²) in [6.45, 7) is 6.52. The van der Waals surface area contributed by atoms with Gasteiger partial charge in [-0.3, -0.25) is 14.4 Å². The zero-order chi connectivity index (χ0) is 50.0. The fraction of sp³-hybridized carbons (Fsp3) is 0.762. The molecule has 0 aromatic carbocycles. The van der Waals surface area contributed by atoms with Crippen molar-refractivity contribution in [3.8, 4) is 0 Å². The Labute approximate surface area is 427 Å². The van der Waals surface area contributed by atoms with Crippen LogP contribution in [0.5, 0.6) is 0 Å². The van der Waals surface area contributed by atoms with Crippen LogP contribution >= 0.6 is 0 Å². The van der Waals surface area contributed by atoms with Crippen LogP contribution in [0.4, 0.5) is 0 Å². The number of rotatable bonds is 53. The molecule has 0 aliphatic rings. The highest BCUT2D eigenvalue weighted by molar-refractivity contribution is 5.71. The molecule has 0 heterocycles. The molecule has 0 unspecified atom stereocenters. The lowest BCUT2D eigenvalue weighted by Gasteiger charge is -2.18. The van der Waals surface area contributed by atoms with E-state index in [2.05, 4.69) is 93.7 Å². The van der Waals surface area contributed by atoms with E-state index >= 15 is 0 Å². The van der Waals surface area contributed by atoms with Crippen LogP contribution in [-0.2, 0) is 28.6 Å². The number of hydrogen-bond donors (Lipinski definition) is 0. The van der Waals surface area contributed by atoms with Crippen molar-refractivity contribution in [3.05, 3.63) is 72.9 Å². The van der Waals surface area contributed by atoms with Gasteiger partial charge in [0.2, 0.25) is 0 Å². The largest absolute Gasteiger partial charge is 0.462 e. The average Bonchev–Trinajstić information content (AvgIpc) is 3.35. The fourth-order valence-corrected chi connectivity index (χ4v) is 8.29. The normalized spacial score (nSPS) is 12.6. The van der Waals surface area contributed by atoms with Crippen molar-refractivity contribution >= 4 is 17.9 Å². The lowest BCUT2D eigenvalue weighted by atomic mass is 10.0. The maximum absolute atomic E-state index is 12.8. The summed E-state index contributed by atoms with van der Waals surface area (Å²) in [4.78, 5) is 38.2. The van der Waals surface area contributed by atoms with E-state index in [1.165, 1.54) is 154 Å². The quantitative estimate of drug-likeness (QED) is 0.0262. The molecule has 6 nitrogen and oxygen atoms in total. The molecule has 0 aliphatic heterocycles. The number of carbonyl (C=O) groups is 3. The lowest BCUT2D eigenvalue weighted by Crippen LogP contribution is -2.30. The third kappa shape index (κ3) is 55.6. The van der Waals surface area contributed by atoms with E-state index in [-0.39, 0.29) is 31.1 Å². The summed E-state index contributed by atoms with van der Waals surface area (Å²) in [5, 5.41) is 0. The predicted octanol–water partition coefficient (Wildman–Crippen LogP) is 19.8. The first-order valence-corrected chi connectivity index (χ1v) is 29.4. The Hall–Kier alpha value is -3.15. The number of ether oxygens (including phenoxy) is 3. The monoisotopic (exact) mass is 963 g/mol. The third-order valence-corrected chi connectivity index (χ3v) is 12.7. The van der Waals surface area contributed by atoms with Gasteiger partial charge in [0.15, 0.2) is 6.10 Å². The summed E-state index contributed by atoms with van der Waals surface area (Å²) >= 11 is 0. The van der Waals surface area contributed by atoms with Crippen LogP contribution in [0.15, 0.2) is 72.9 Å². The Bertz CT molecular complexity index is 1290. The van der Waals surface area contributed by atoms with Crippen LogP contribution in [0.2, 0.25) is 0 Å². The minimum atomic E-state index is -0.788. The summed E-state index contributed by atoms with van der Waals surface area (Å²) in [5.41, 5.74) is 0. The van der Waals surface area contributed by atoms with Crippen molar-refractivity contribution in [3.63, 3.8) is 0 Å². The van der Waals surface area contributed by atoms with E-state index in [1.807, 2.05) is 0 Å². The van der Waals surface area contributed by atoms with Gasteiger partial charge in [-0.1, -0.05) is 254 Å².